The summed E-state index contributed by atoms with van der Waals surface area (Å²) in [6.07, 6.45) is 0.833. The Morgan fingerprint density at radius 3 is 2.23 bits per heavy atom. The van der Waals surface area contributed by atoms with Gasteiger partial charge in [0.05, 0.1) is 20.3 Å². The number of nitrogens with two attached hydrogens (primary N) is 1. The molecule has 0 aromatic heterocycles. The summed E-state index contributed by atoms with van der Waals surface area (Å²) >= 11 is 0. The lowest BCUT2D eigenvalue weighted by Gasteiger charge is -2.27. The maximum Gasteiger partial charge on any atom is 0.150 e. The van der Waals surface area contributed by atoms with Crippen LogP contribution in [0.5, 0.6) is 5.75 Å². The molecule has 0 unspecified atom stereocenters. The fraction of sp³-hybridized carbons (Fsp3) is 0.350. The summed E-state index contributed by atoms with van der Waals surface area (Å²) in [5, 5.41) is 0. The zero-order valence-electron chi connectivity index (χ0n) is 15.5. The first kappa shape index (κ1) is 19.8. The molecule has 0 aliphatic heterocycles. The van der Waals surface area contributed by atoms with E-state index in [-0.39, 0.29) is 0 Å². The molecular formula is C20H26N2O4. The van der Waals surface area contributed by atoms with Crippen molar-refractivity contribution in [3.63, 3.8) is 0 Å². The van der Waals surface area contributed by atoms with Crippen LogP contribution in [-0.2, 0) is 9.47 Å². The molecule has 2 aromatic carbocycles. The van der Waals surface area contributed by atoms with Gasteiger partial charge in [-0.15, -0.1) is 0 Å². The van der Waals surface area contributed by atoms with Gasteiger partial charge in [0.25, 0.3) is 0 Å². The Balaban J connectivity index is 2.54. The summed E-state index contributed by atoms with van der Waals surface area (Å²) < 4.78 is 15.7. The first-order valence-corrected chi connectivity index (χ1v) is 8.40. The van der Waals surface area contributed by atoms with E-state index in [0.717, 1.165) is 23.1 Å². The number of carbonyl (C=O) groups excluding carboxylic acids is 1. The van der Waals surface area contributed by atoms with Gasteiger partial charge in [-0.05, 0) is 42.0 Å². The van der Waals surface area contributed by atoms with Crippen molar-refractivity contribution < 1.29 is 19.0 Å². The number of rotatable bonds is 10. The minimum absolute atomic E-state index is 0.551. The summed E-state index contributed by atoms with van der Waals surface area (Å²) in [4.78, 5) is 13.8. The zero-order valence-corrected chi connectivity index (χ0v) is 15.5. The third kappa shape index (κ3) is 4.74. The SMILES string of the molecule is COCCN(CCOC)c1ccc(N)cc1-c1ccc(OC)cc1C=O. The Bertz CT molecular complexity index is 726. The van der Waals surface area contributed by atoms with Gasteiger partial charge < -0.3 is 24.8 Å². The molecular weight excluding hydrogens is 332 g/mol. The monoisotopic (exact) mass is 358 g/mol. The van der Waals surface area contributed by atoms with Crippen molar-refractivity contribution in [2.24, 2.45) is 0 Å². The Labute approximate surface area is 154 Å². The largest absolute Gasteiger partial charge is 0.497 e. The van der Waals surface area contributed by atoms with Gasteiger partial charge in [0.1, 0.15) is 5.75 Å². The van der Waals surface area contributed by atoms with E-state index in [1.807, 2.05) is 30.3 Å². The van der Waals surface area contributed by atoms with E-state index < -0.39 is 0 Å². The van der Waals surface area contributed by atoms with Gasteiger partial charge in [0, 0.05) is 49.8 Å². The van der Waals surface area contributed by atoms with Crippen LogP contribution in [0.1, 0.15) is 10.4 Å². The van der Waals surface area contributed by atoms with Crippen LogP contribution in [0.15, 0.2) is 36.4 Å². The van der Waals surface area contributed by atoms with Crippen molar-refractivity contribution in [2.45, 2.75) is 0 Å². The lowest BCUT2D eigenvalue weighted by molar-refractivity contribution is 0.112. The van der Waals surface area contributed by atoms with E-state index in [9.17, 15) is 4.79 Å². The highest BCUT2D eigenvalue weighted by atomic mass is 16.5. The predicted molar refractivity (Wildman–Crippen MR) is 104 cm³/mol. The molecule has 6 nitrogen and oxygen atoms in total. The van der Waals surface area contributed by atoms with Crippen LogP contribution in [0.25, 0.3) is 11.1 Å². The number of benzene rings is 2. The molecule has 2 aromatic rings. The van der Waals surface area contributed by atoms with Gasteiger partial charge >= 0.3 is 0 Å². The van der Waals surface area contributed by atoms with Crippen LogP contribution in [-0.4, -0.2) is 53.9 Å². The van der Waals surface area contributed by atoms with Crippen molar-refractivity contribution in [3.8, 4) is 16.9 Å². The van der Waals surface area contributed by atoms with E-state index in [0.29, 0.717) is 43.3 Å². The molecule has 0 atom stereocenters. The molecule has 0 fully saturated rings. The van der Waals surface area contributed by atoms with Gasteiger partial charge in [-0.1, -0.05) is 0 Å². The first-order valence-electron chi connectivity index (χ1n) is 8.40. The maximum atomic E-state index is 11.6. The highest BCUT2D eigenvalue weighted by molar-refractivity contribution is 5.93. The Hall–Kier alpha value is -2.57. The fourth-order valence-corrected chi connectivity index (χ4v) is 2.81. The van der Waals surface area contributed by atoms with E-state index in [1.54, 1.807) is 27.4 Å². The average molecular weight is 358 g/mol. The average Bonchev–Trinajstić information content (AvgIpc) is 2.68. The minimum atomic E-state index is 0.551. The standard InChI is InChI=1S/C20H26N2O4/c1-24-10-8-22(9-11-25-2)20-7-4-16(21)13-19(20)18-6-5-17(26-3)12-15(18)14-23/h4-7,12-14H,8-11,21H2,1-3H3. The molecule has 0 bridgehead atoms. The highest BCUT2D eigenvalue weighted by Gasteiger charge is 2.16. The van der Waals surface area contributed by atoms with Gasteiger partial charge in [-0.2, -0.15) is 0 Å². The van der Waals surface area contributed by atoms with Crippen molar-refractivity contribution in [1.82, 2.24) is 0 Å². The molecule has 0 heterocycles. The molecule has 0 spiro atoms. The molecule has 0 aliphatic rings. The quantitative estimate of drug-likeness (QED) is 0.520. The number of aldehydes is 1. The number of hydrogen-bond donors (Lipinski definition) is 1. The Morgan fingerprint density at radius 1 is 0.962 bits per heavy atom. The van der Waals surface area contributed by atoms with Crippen molar-refractivity contribution in [3.05, 3.63) is 42.0 Å². The number of nitrogen functional groups attached to an aromatic ring is 1. The molecule has 0 aliphatic carbocycles. The number of nitrogens with zero attached hydrogens (tertiary/aromatic N) is 1. The van der Waals surface area contributed by atoms with Gasteiger partial charge in [0.2, 0.25) is 0 Å². The van der Waals surface area contributed by atoms with Crippen molar-refractivity contribution >= 4 is 17.7 Å². The molecule has 2 rings (SSSR count). The summed E-state index contributed by atoms with van der Waals surface area (Å²) in [5.74, 6) is 0.636. The van der Waals surface area contributed by atoms with Crippen molar-refractivity contribution in [1.29, 1.82) is 0 Å². The van der Waals surface area contributed by atoms with Crippen molar-refractivity contribution in [2.75, 3.05) is 58.3 Å². The van der Waals surface area contributed by atoms with E-state index in [1.165, 1.54) is 0 Å². The number of hydrogen-bond acceptors (Lipinski definition) is 6. The molecule has 0 radical (unpaired) electrons. The smallest absolute Gasteiger partial charge is 0.150 e. The maximum absolute atomic E-state index is 11.6. The topological polar surface area (TPSA) is 74.0 Å². The summed E-state index contributed by atoms with van der Waals surface area (Å²) in [6, 6.07) is 11.2. The summed E-state index contributed by atoms with van der Waals surface area (Å²) in [7, 11) is 4.92. The Kier molecular flexibility index (Phi) is 7.44. The first-order chi connectivity index (χ1) is 12.6. The van der Waals surface area contributed by atoms with Gasteiger partial charge in [0.15, 0.2) is 6.29 Å². The fourth-order valence-electron chi connectivity index (χ4n) is 2.81. The van der Waals surface area contributed by atoms with E-state index in [2.05, 4.69) is 4.90 Å². The van der Waals surface area contributed by atoms with Crippen LogP contribution in [0.3, 0.4) is 0 Å². The second-order valence-electron chi connectivity index (χ2n) is 5.82. The Morgan fingerprint density at radius 2 is 1.65 bits per heavy atom. The number of methoxy groups -OCH3 is 3. The number of ether oxygens (including phenoxy) is 3. The minimum Gasteiger partial charge on any atom is -0.497 e. The third-order valence-electron chi connectivity index (χ3n) is 4.17. The molecule has 26 heavy (non-hydrogen) atoms. The zero-order chi connectivity index (χ0) is 18.9. The van der Waals surface area contributed by atoms with Crippen LogP contribution < -0.4 is 15.4 Å². The molecule has 6 heteroatoms. The van der Waals surface area contributed by atoms with Crippen LogP contribution >= 0.6 is 0 Å². The third-order valence-corrected chi connectivity index (χ3v) is 4.17. The van der Waals surface area contributed by atoms with Gasteiger partial charge in [-0.3, -0.25) is 4.79 Å². The van der Waals surface area contributed by atoms with Crippen LogP contribution in [0, 0.1) is 0 Å². The molecule has 0 saturated carbocycles. The normalized spacial score (nSPS) is 10.6. The van der Waals surface area contributed by atoms with Crippen LogP contribution in [0.4, 0.5) is 11.4 Å². The van der Waals surface area contributed by atoms with E-state index >= 15 is 0 Å². The summed E-state index contributed by atoms with van der Waals surface area (Å²) in [5.41, 5.74) is 9.89. The number of carbonyl (C=O) groups is 1. The van der Waals surface area contributed by atoms with Gasteiger partial charge in [-0.25, -0.2) is 0 Å². The van der Waals surface area contributed by atoms with E-state index in [4.69, 9.17) is 19.9 Å². The predicted octanol–water partition coefficient (Wildman–Crippen LogP) is 2.86. The lowest BCUT2D eigenvalue weighted by Crippen LogP contribution is -2.31. The molecule has 0 saturated heterocycles. The van der Waals surface area contributed by atoms with Crippen LogP contribution in [0.2, 0.25) is 0 Å². The second-order valence-corrected chi connectivity index (χ2v) is 5.82. The molecule has 2 N–H and O–H groups in total. The lowest BCUT2D eigenvalue weighted by atomic mass is 9.97. The second kappa shape index (κ2) is 9.79. The molecule has 140 valence electrons. The number of anilines is 2. The highest BCUT2D eigenvalue weighted by Crippen LogP contribution is 2.35. The molecule has 0 amide bonds. The summed E-state index contributed by atoms with van der Waals surface area (Å²) in [6.45, 7) is 2.56.